The number of benzene rings is 2. The topological polar surface area (TPSA) is 54.9 Å². The summed E-state index contributed by atoms with van der Waals surface area (Å²) in [7, 11) is 0.681. The van der Waals surface area contributed by atoms with Crippen molar-refractivity contribution in [1.82, 2.24) is 4.98 Å². The maximum absolute atomic E-state index is 13.3. The normalized spacial score (nSPS) is 16.1. The summed E-state index contributed by atoms with van der Waals surface area (Å²) in [6.45, 7) is 3.14. The summed E-state index contributed by atoms with van der Waals surface area (Å²) >= 11 is 0. The van der Waals surface area contributed by atoms with Gasteiger partial charge >= 0.3 is 0 Å². The van der Waals surface area contributed by atoms with Gasteiger partial charge < -0.3 is 19.3 Å². The molecule has 1 aliphatic rings. The van der Waals surface area contributed by atoms with Gasteiger partial charge in [-0.1, -0.05) is 0 Å². The first-order valence-electron chi connectivity index (χ1n) is 11.3. The monoisotopic (exact) mass is 483 g/mol. The van der Waals surface area contributed by atoms with Crippen LogP contribution in [0.25, 0.3) is 0 Å². The highest BCUT2D eigenvalue weighted by Gasteiger charge is 2.28. The van der Waals surface area contributed by atoms with E-state index in [-0.39, 0.29) is 6.04 Å². The van der Waals surface area contributed by atoms with Crippen LogP contribution in [0.15, 0.2) is 71.9 Å². The molecular formula is C26H30FN3O3S. The van der Waals surface area contributed by atoms with Crippen LogP contribution < -0.4 is 19.3 Å². The molecule has 6 nitrogen and oxygen atoms in total. The van der Waals surface area contributed by atoms with E-state index in [0.29, 0.717) is 5.75 Å². The molecule has 0 amide bonds. The molecule has 1 aromatic heterocycles. The van der Waals surface area contributed by atoms with Crippen LogP contribution in [0, 0.1) is 0 Å². The summed E-state index contributed by atoms with van der Waals surface area (Å²) in [5.74, 6) is 1.24. The number of piperidine rings is 1. The first-order chi connectivity index (χ1) is 16.5. The van der Waals surface area contributed by atoms with E-state index in [9.17, 15) is 8.60 Å². The molecular weight excluding hydrogens is 453 g/mol. The second-order valence-corrected chi connectivity index (χ2v) is 9.62. The van der Waals surface area contributed by atoms with Gasteiger partial charge in [-0.05, 0) is 61.4 Å². The number of nitrogens with zero attached hydrogens (tertiary/aromatic N) is 3. The average Bonchev–Trinajstić information content (AvgIpc) is 2.86. The van der Waals surface area contributed by atoms with E-state index in [1.165, 1.54) is 6.92 Å². The Morgan fingerprint density at radius 3 is 2.35 bits per heavy atom. The Bertz CT molecular complexity index is 1100. The van der Waals surface area contributed by atoms with E-state index in [1.54, 1.807) is 31.7 Å². The van der Waals surface area contributed by atoms with Crippen molar-refractivity contribution >= 4 is 27.9 Å². The lowest BCUT2D eigenvalue weighted by molar-refractivity contribution is 0.0861. The zero-order valence-corrected chi connectivity index (χ0v) is 20.5. The van der Waals surface area contributed by atoms with Crippen LogP contribution in [0.2, 0.25) is 0 Å². The van der Waals surface area contributed by atoms with Gasteiger partial charge in [0, 0.05) is 71.6 Å². The van der Waals surface area contributed by atoms with E-state index in [4.69, 9.17) is 9.47 Å². The number of ether oxygens (including phenoxy) is 2. The van der Waals surface area contributed by atoms with E-state index < -0.39 is 17.2 Å². The minimum atomic E-state index is -1.36. The maximum Gasteiger partial charge on any atom is 0.235 e. The Balaban J connectivity index is 1.57. The van der Waals surface area contributed by atoms with Crippen LogP contribution in [0.5, 0.6) is 11.5 Å². The smallest absolute Gasteiger partial charge is 0.235 e. The molecule has 0 radical (unpaired) electrons. The Hall–Kier alpha value is -3.13. The van der Waals surface area contributed by atoms with Crippen molar-refractivity contribution < 1.29 is 18.1 Å². The Labute approximate surface area is 202 Å². The highest BCUT2D eigenvalue weighted by atomic mass is 32.2. The number of rotatable bonds is 8. The standard InChI is InChI=1S/C26H30FN3O3S/c1-19(27)33-23-8-4-21(5-9-23)30(25-18-28-15-12-26(25)32-2)22-13-16-29(17-14-22)20-6-10-24(11-7-20)34(3)31/h4-12,15,18-19,22H,13-14,16-17H2,1-3H3. The molecule has 1 aliphatic heterocycles. The highest BCUT2D eigenvalue weighted by molar-refractivity contribution is 7.84. The number of hydrogen-bond acceptors (Lipinski definition) is 6. The van der Waals surface area contributed by atoms with E-state index in [1.807, 2.05) is 48.7 Å². The van der Waals surface area contributed by atoms with Crippen molar-refractivity contribution in [1.29, 1.82) is 0 Å². The van der Waals surface area contributed by atoms with Crippen molar-refractivity contribution in [2.75, 3.05) is 36.3 Å². The van der Waals surface area contributed by atoms with Crippen molar-refractivity contribution in [2.45, 2.75) is 37.1 Å². The summed E-state index contributed by atoms with van der Waals surface area (Å²) in [6, 6.07) is 17.5. The number of alkyl halides is 1. The minimum Gasteiger partial charge on any atom is -0.494 e. The lowest BCUT2D eigenvalue weighted by atomic mass is 10.0. The quantitative estimate of drug-likeness (QED) is 0.432. The number of aromatic nitrogens is 1. The van der Waals surface area contributed by atoms with Crippen LogP contribution in [-0.4, -0.2) is 48.0 Å². The van der Waals surface area contributed by atoms with Gasteiger partial charge in [0.15, 0.2) is 0 Å². The molecule has 4 rings (SSSR count). The van der Waals surface area contributed by atoms with Gasteiger partial charge in [0.05, 0.1) is 13.3 Å². The number of pyridine rings is 1. The van der Waals surface area contributed by atoms with Gasteiger partial charge in [0.2, 0.25) is 6.36 Å². The summed E-state index contributed by atoms with van der Waals surface area (Å²) in [6.07, 6.45) is 5.73. The Morgan fingerprint density at radius 1 is 1.09 bits per heavy atom. The Morgan fingerprint density at radius 2 is 1.76 bits per heavy atom. The van der Waals surface area contributed by atoms with Gasteiger partial charge in [-0.15, -0.1) is 0 Å². The molecule has 0 spiro atoms. The molecule has 0 aliphatic carbocycles. The maximum atomic E-state index is 13.3. The fourth-order valence-electron chi connectivity index (χ4n) is 4.38. The number of methoxy groups -OCH3 is 1. The third kappa shape index (κ3) is 5.50. The lowest BCUT2D eigenvalue weighted by Crippen LogP contribution is -2.43. The molecule has 8 heteroatoms. The summed E-state index contributed by atoms with van der Waals surface area (Å²) in [4.78, 5) is 9.80. The molecule has 3 aromatic rings. The zero-order chi connectivity index (χ0) is 24.1. The van der Waals surface area contributed by atoms with Crippen molar-refractivity contribution in [2.24, 2.45) is 0 Å². The van der Waals surface area contributed by atoms with Crippen LogP contribution >= 0.6 is 0 Å². The van der Waals surface area contributed by atoms with Gasteiger partial charge in [-0.3, -0.25) is 9.19 Å². The van der Waals surface area contributed by atoms with Crippen LogP contribution in [0.1, 0.15) is 19.8 Å². The molecule has 0 bridgehead atoms. The predicted octanol–water partition coefficient (Wildman–Crippen LogP) is 5.33. The lowest BCUT2D eigenvalue weighted by Gasteiger charge is -2.41. The van der Waals surface area contributed by atoms with Gasteiger partial charge in [-0.2, -0.15) is 0 Å². The molecule has 2 unspecified atom stereocenters. The van der Waals surface area contributed by atoms with Gasteiger partial charge in [0.1, 0.15) is 17.2 Å². The molecule has 34 heavy (non-hydrogen) atoms. The van der Waals surface area contributed by atoms with Gasteiger partial charge in [0.25, 0.3) is 0 Å². The molecule has 0 N–H and O–H groups in total. The van der Waals surface area contributed by atoms with E-state index in [0.717, 1.165) is 53.6 Å². The van der Waals surface area contributed by atoms with E-state index in [2.05, 4.69) is 14.8 Å². The predicted molar refractivity (Wildman–Crippen MR) is 135 cm³/mol. The van der Waals surface area contributed by atoms with Gasteiger partial charge in [-0.25, -0.2) is 4.39 Å². The largest absolute Gasteiger partial charge is 0.494 e. The molecule has 2 atom stereocenters. The minimum absolute atomic E-state index is 0.226. The summed E-state index contributed by atoms with van der Waals surface area (Å²) in [5.41, 5.74) is 3.00. The average molecular weight is 484 g/mol. The zero-order valence-electron chi connectivity index (χ0n) is 19.7. The number of halogens is 1. The molecule has 1 saturated heterocycles. The summed E-state index contributed by atoms with van der Waals surface area (Å²) in [5, 5.41) is 0. The third-order valence-corrected chi connectivity index (χ3v) is 6.95. The van der Waals surface area contributed by atoms with Crippen molar-refractivity contribution in [3.05, 3.63) is 67.0 Å². The first kappa shape index (κ1) is 24.0. The fourth-order valence-corrected chi connectivity index (χ4v) is 4.90. The third-order valence-electron chi connectivity index (χ3n) is 6.02. The highest BCUT2D eigenvalue weighted by Crippen LogP contribution is 2.38. The van der Waals surface area contributed by atoms with Crippen LogP contribution in [-0.2, 0) is 10.8 Å². The van der Waals surface area contributed by atoms with Crippen LogP contribution in [0.3, 0.4) is 0 Å². The molecule has 2 aromatic carbocycles. The SMILES string of the molecule is COc1ccncc1N(c1ccc(OC(C)F)cc1)C1CCN(c2ccc(S(C)=O)cc2)CC1. The summed E-state index contributed by atoms with van der Waals surface area (Å²) < 4.78 is 35.8. The number of hydrogen-bond donors (Lipinski definition) is 0. The molecule has 2 heterocycles. The van der Waals surface area contributed by atoms with Crippen molar-refractivity contribution in [3.63, 3.8) is 0 Å². The fraction of sp³-hybridized carbons (Fsp3) is 0.346. The second kappa shape index (κ2) is 10.9. The Kier molecular flexibility index (Phi) is 7.67. The number of anilines is 3. The molecule has 1 fully saturated rings. The second-order valence-electron chi connectivity index (χ2n) is 8.24. The van der Waals surface area contributed by atoms with E-state index >= 15 is 0 Å². The van der Waals surface area contributed by atoms with Crippen molar-refractivity contribution in [3.8, 4) is 11.5 Å². The first-order valence-corrected chi connectivity index (χ1v) is 12.9. The molecule has 180 valence electrons. The molecule has 0 saturated carbocycles. The van der Waals surface area contributed by atoms with Crippen LogP contribution in [0.4, 0.5) is 21.5 Å².